The third-order valence-electron chi connectivity index (χ3n) is 9.90. The van der Waals surface area contributed by atoms with Gasteiger partial charge in [-0.05, 0) is 110 Å². The monoisotopic (exact) mass is 630 g/mol. The van der Waals surface area contributed by atoms with E-state index in [1.54, 1.807) is 18.2 Å². The van der Waals surface area contributed by atoms with Gasteiger partial charge >= 0.3 is 5.97 Å². The maximum Gasteiger partial charge on any atom is 0.335 e. The van der Waals surface area contributed by atoms with Crippen LogP contribution in [0.5, 0.6) is 5.75 Å². The molecule has 0 aromatic heterocycles. The molecule has 0 saturated heterocycles. The number of aliphatic hydroxyl groups is 1. The Morgan fingerprint density at radius 2 is 1.98 bits per heavy atom. The summed E-state index contributed by atoms with van der Waals surface area (Å²) in [5.74, 6) is -0.0577. The molecule has 0 amide bonds. The molecule has 234 valence electrons. The van der Waals surface area contributed by atoms with Crippen LogP contribution in [0.25, 0.3) is 0 Å². The van der Waals surface area contributed by atoms with Crippen molar-refractivity contribution in [3.8, 4) is 5.75 Å². The summed E-state index contributed by atoms with van der Waals surface area (Å²) in [6, 6.07) is 10.9. The third-order valence-corrected chi connectivity index (χ3v) is 11.7. The number of benzene rings is 2. The molecule has 2 saturated carbocycles. The van der Waals surface area contributed by atoms with Crippen LogP contribution >= 0.6 is 11.6 Å². The van der Waals surface area contributed by atoms with E-state index in [4.69, 9.17) is 21.5 Å². The first-order chi connectivity index (χ1) is 20.4. The summed E-state index contributed by atoms with van der Waals surface area (Å²) >= 11 is 6.28. The minimum Gasteiger partial charge on any atom is -0.487 e. The molecule has 8 nitrogen and oxygen atoms in total. The number of hydrogen-bond acceptors (Lipinski definition) is 6. The smallest absolute Gasteiger partial charge is 0.335 e. The van der Waals surface area contributed by atoms with Crippen molar-refractivity contribution in [2.75, 3.05) is 18.0 Å². The summed E-state index contributed by atoms with van der Waals surface area (Å²) in [5.41, 5.74) is 2.79. The first kappa shape index (κ1) is 31.8. The second-order valence-corrected chi connectivity index (χ2v) is 15.0. The number of sulfonamides is 1. The first-order valence-corrected chi connectivity index (χ1v) is 17.3. The van der Waals surface area contributed by atoms with Crippen molar-refractivity contribution in [2.24, 2.45) is 22.4 Å². The van der Waals surface area contributed by atoms with Crippen LogP contribution in [-0.4, -0.2) is 49.0 Å². The minimum atomic E-state index is -3.61. The number of aryl methyl sites for hydroxylation is 1. The van der Waals surface area contributed by atoms with E-state index in [9.17, 15) is 23.4 Å². The molecule has 4 N–H and O–H groups in total. The van der Waals surface area contributed by atoms with Crippen molar-refractivity contribution in [1.29, 1.82) is 0 Å². The number of nitrogens with zero attached hydrogens (tertiary/aromatic N) is 1. The quantitative estimate of drug-likeness (QED) is 0.308. The van der Waals surface area contributed by atoms with Gasteiger partial charge in [0.15, 0.2) is 0 Å². The van der Waals surface area contributed by atoms with Crippen molar-refractivity contribution >= 4 is 33.3 Å². The average Bonchev–Trinajstić information content (AvgIpc) is 3.32. The predicted molar refractivity (Wildman–Crippen MR) is 169 cm³/mol. The molecule has 0 unspecified atom stereocenters. The van der Waals surface area contributed by atoms with E-state index >= 15 is 0 Å². The first-order valence-electron chi connectivity index (χ1n) is 15.3. The van der Waals surface area contributed by atoms with Crippen LogP contribution in [0.1, 0.15) is 79.8 Å². The fourth-order valence-corrected chi connectivity index (χ4v) is 8.94. The second-order valence-electron chi connectivity index (χ2n) is 12.8. The number of rotatable bonds is 8. The van der Waals surface area contributed by atoms with Crippen molar-refractivity contribution in [3.05, 3.63) is 70.3 Å². The number of primary sulfonamides is 1. The number of fused-ring (bicyclic) bond motifs is 2. The van der Waals surface area contributed by atoms with Gasteiger partial charge in [-0.1, -0.05) is 43.2 Å². The highest BCUT2D eigenvalue weighted by Gasteiger charge is 2.44. The highest BCUT2D eigenvalue weighted by molar-refractivity contribution is 7.89. The lowest BCUT2D eigenvalue weighted by molar-refractivity contribution is 0.0460. The zero-order valence-corrected chi connectivity index (χ0v) is 26.3. The predicted octanol–water partition coefficient (Wildman–Crippen LogP) is 5.94. The van der Waals surface area contributed by atoms with Crippen LogP contribution in [0.2, 0.25) is 5.02 Å². The van der Waals surface area contributed by atoms with Crippen LogP contribution in [0.3, 0.4) is 0 Å². The van der Waals surface area contributed by atoms with Gasteiger partial charge in [0.05, 0.1) is 22.6 Å². The van der Waals surface area contributed by atoms with Gasteiger partial charge in [-0.15, -0.1) is 0 Å². The van der Waals surface area contributed by atoms with Crippen molar-refractivity contribution in [2.45, 2.75) is 82.7 Å². The number of carbonyl (C=O) groups is 1. The molecule has 2 aromatic rings. The molecule has 1 aliphatic heterocycles. The lowest BCUT2D eigenvalue weighted by Gasteiger charge is -2.42. The third kappa shape index (κ3) is 7.39. The Labute approximate surface area is 259 Å². The zero-order valence-electron chi connectivity index (χ0n) is 24.8. The average molecular weight is 631 g/mol. The number of carboxylic acids is 1. The molecule has 2 aromatic carbocycles. The Hall–Kier alpha value is -2.59. The number of aromatic carboxylic acids is 1. The Balaban J connectivity index is 1.31. The molecule has 0 bridgehead atoms. The summed E-state index contributed by atoms with van der Waals surface area (Å²) in [7, 11) is -3.61. The Morgan fingerprint density at radius 1 is 1.16 bits per heavy atom. The maximum atomic E-state index is 12.1. The Bertz CT molecular complexity index is 1460. The minimum absolute atomic E-state index is 0.0678. The van der Waals surface area contributed by atoms with E-state index in [1.165, 1.54) is 5.56 Å². The lowest BCUT2D eigenvalue weighted by Crippen LogP contribution is -2.43. The zero-order chi connectivity index (χ0) is 30.8. The molecular weight excluding hydrogens is 588 g/mol. The van der Waals surface area contributed by atoms with E-state index in [0.717, 1.165) is 62.7 Å². The number of ether oxygens (including phenoxy) is 1. The normalized spacial score (nSPS) is 27.0. The summed E-state index contributed by atoms with van der Waals surface area (Å²) in [5, 5.41) is 26.6. The van der Waals surface area contributed by atoms with Gasteiger partial charge in [0.25, 0.3) is 0 Å². The Morgan fingerprint density at radius 3 is 2.70 bits per heavy atom. The molecule has 2 fully saturated rings. The molecule has 1 heterocycles. The SMILES string of the molecule is C[C@@]1(C/C=C/[C@H](O)[C@@H]2CC[C@H]2CN2CCCCc3cc(Cl)ccc3COc3ccc(C(=O)O)cc32)CCC[C@@H]1S(N)(=O)=O. The largest absolute Gasteiger partial charge is 0.487 e. The van der Waals surface area contributed by atoms with E-state index in [1.807, 2.05) is 37.3 Å². The van der Waals surface area contributed by atoms with E-state index < -0.39 is 32.8 Å². The standard InChI is InChI=1S/C33H43ClN2O6S/c1-33(16-5-8-31(33)43(35,40)41)15-4-7-29(37)27-13-10-24(27)20-36-17-3-2-6-22-18-26(34)12-9-25(22)21-42-30-14-11-23(32(38)39)19-28(30)36/h4,7,9,11-12,14,18-19,24,27,29,31,37H,2-3,5-6,8,10,13,15-17,20-21H2,1H3,(H,38,39)(H2,35,40,41)/b7-4+/t24-,27+,29-,31-,33+/m0/s1. The van der Waals surface area contributed by atoms with E-state index in [2.05, 4.69) is 4.90 Å². The number of allylic oxidation sites excluding steroid dienone is 1. The number of halogens is 1. The maximum absolute atomic E-state index is 12.1. The highest BCUT2D eigenvalue weighted by atomic mass is 35.5. The van der Waals surface area contributed by atoms with Gasteiger partial charge in [-0.25, -0.2) is 18.4 Å². The number of hydrogen-bond donors (Lipinski definition) is 3. The molecule has 3 aliphatic rings. The molecule has 5 rings (SSSR count). The fourth-order valence-electron chi connectivity index (χ4n) is 7.24. The summed E-state index contributed by atoms with van der Waals surface area (Å²) in [4.78, 5) is 14.1. The second kappa shape index (κ2) is 13.2. The summed E-state index contributed by atoms with van der Waals surface area (Å²) < 4.78 is 30.5. The van der Waals surface area contributed by atoms with Gasteiger partial charge in [0.2, 0.25) is 10.0 Å². The van der Waals surface area contributed by atoms with Crippen LogP contribution in [0, 0.1) is 17.3 Å². The Kier molecular flexibility index (Phi) is 9.76. The number of aliphatic hydroxyl groups excluding tert-OH is 1. The van der Waals surface area contributed by atoms with E-state index in [-0.39, 0.29) is 17.4 Å². The number of carboxylic acid groups (broad SMARTS) is 1. The van der Waals surface area contributed by atoms with Crippen molar-refractivity contribution < 1.29 is 28.2 Å². The summed E-state index contributed by atoms with van der Waals surface area (Å²) in [6.45, 7) is 3.75. The molecule has 43 heavy (non-hydrogen) atoms. The molecular formula is C33H43ClN2O6S. The van der Waals surface area contributed by atoms with Crippen LogP contribution in [0.15, 0.2) is 48.6 Å². The topological polar surface area (TPSA) is 130 Å². The van der Waals surface area contributed by atoms with Crippen LogP contribution in [0.4, 0.5) is 5.69 Å². The number of nitrogens with two attached hydrogens (primary N) is 1. The van der Waals surface area contributed by atoms with Crippen molar-refractivity contribution in [3.63, 3.8) is 0 Å². The van der Waals surface area contributed by atoms with Gasteiger partial charge in [0.1, 0.15) is 12.4 Å². The molecule has 2 aliphatic carbocycles. The summed E-state index contributed by atoms with van der Waals surface area (Å²) in [6.07, 6.45) is 10.5. The molecule has 10 heteroatoms. The lowest BCUT2D eigenvalue weighted by atomic mass is 9.70. The molecule has 0 radical (unpaired) electrons. The van der Waals surface area contributed by atoms with Crippen LogP contribution < -0.4 is 14.8 Å². The van der Waals surface area contributed by atoms with Gasteiger partial charge in [0, 0.05) is 18.1 Å². The molecule has 5 atom stereocenters. The molecule has 0 spiro atoms. The van der Waals surface area contributed by atoms with Gasteiger partial charge in [-0.2, -0.15) is 0 Å². The van der Waals surface area contributed by atoms with E-state index in [0.29, 0.717) is 36.8 Å². The fraction of sp³-hybridized carbons (Fsp3) is 0.545. The van der Waals surface area contributed by atoms with Crippen molar-refractivity contribution in [1.82, 2.24) is 0 Å². The number of anilines is 1. The highest BCUT2D eigenvalue weighted by Crippen LogP contribution is 2.45. The van der Waals surface area contributed by atoms with Gasteiger partial charge in [-0.3, -0.25) is 0 Å². The van der Waals surface area contributed by atoms with Gasteiger partial charge < -0.3 is 19.8 Å². The van der Waals surface area contributed by atoms with Crippen LogP contribution in [-0.2, 0) is 23.1 Å².